The van der Waals surface area contributed by atoms with Gasteiger partial charge in [0.2, 0.25) is 5.91 Å². The number of hydrogen-bond donors (Lipinski definition) is 1. The van der Waals surface area contributed by atoms with Gasteiger partial charge in [-0.25, -0.2) is 0 Å². The van der Waals surface area contributed by atoms with E-state index in [9.17, 15) is 9.59 Å². The molecule has 1 saturated heterocycles. The Hall–Kier alpha value is -1.18. The van der Waals surface area contributed by atoms with Gasteiger partial charge in [-0.15, -0.1) is 0 Å². The predicted molar refractivity (Wildman–Crippen MR) is 63.1 cm³/mol. The van der Waals surface area contributed by atoms with Crippen LogP contribution < -0.4 is 0 Å². The molecule has 0 radical (unpaired) electrons. The number of carbonyl (C=O) groups excluding carboxylic acids is 1. The average molecular weight is 260 g/mol. The summed E-state index contributed by atoms with van der Waals surface area (Å²) in [4.78, 5) is 26.3. The Morgan fingerprint density at radius 2 is 2.06 bits per heavy atom. The topological polar surface area (TPSA) is 79.3 Å². The Morgan fingerprint density at radius 3 is 2.56 bits per heavy atom. The molecule has 1 atom stereocenters. The van der Waals surface area contributed by atoms with Crippen molar-refractivity contribution >= 4 is 11.9 Å². The maximum atomic E-state index is 12.3. The van der Waals surface area contributed by atoms with Crippen molar-refractivity contribution in [2.45, 2.75) is 12.5 Å². The highest BCUT2D eigenvalue weighted by molar-refractivity contribution is 5.86. The molecular formula is C11H20N2O5. The maximum absolute atomic E-state index is 12.3. The van der Waals surface area contributed by atoms with Crippen LogP contribution in [0, 0.1) is 0 Å². The summed E-state index contributed by atoms with van der Waals surface area (Å²) in [6.45, 7) is 2.23. The summed E-state index contributed by atoms with van der Waals surface area (Å²) >= 11 is 0. The van der Waals surface area contributed by atoms with Gasteiger partial charge in [0.1, 0.15) is 6.04 Å². The molecule has 1 fully saturated rings. The minimum absolute atomic E-state index is 0.180. The van der Waals surface area contributed by atoms with Crippen LogP contribution >= 0.6 is 0 Å². The number of methoxy groups -OCH3 is 1. The molecule has 0 aromatic carbocycles. The molecule has 0 unspecified atom stereocenters. The summed E-state index contributed by atoms with van der Waals surface area (Å²) in [5.74, 6) is -1.18. The molecule has 1 N–H and O–H groups in total. The molecule has 1 aliphatic heterocycles. The molecule has 0 spiro atoms. The highest BCUT2D eigenvalue weighted by Crippen LogP contribution is 2.09. The molecule has 0 aliphatic carbocycles. The van der Waals surface area contributed by atoms with Gasteiger partial charge in [-0.05, 0) is 7.05 Å². The number of nitrogens with zero attached hydrogens (tertiary/aromatic N) is 2. The second-order valence-corrected chi connectivity index (χ2v) is 4.23. The first-order valence-electron chi connectivity index (χ1n) is 5.83. The summed E-state index contributed by atoms with van der Waals surface area (Å²) in [7, 11) is 3.18. The standard InChI is InChI=1S/C11H20N2O5/c1-12(8-17-2)9(7-10(14)15)11(16)13-3-5-18-6-4-13/h9H,3-8H2,1-2H3,(H,14,15)/t9-/m0/s1. The third-order valence-electron chi connectivity index (χ3n) is 2.84. The van der Waals surface area contributed by atoms with Crippen LogP contribution in [-0.2, 0) is 19.1 Å². The van der Waals surface area contributed by atoms with Gasteiger partial charge in [0.25, 0.3) is 0 Å². The predicted octanol–water partition coefficient (Wildman–Crippen LogP) is -0.776. The SMILES string of the molecule is COCN(C)[C@@H](CC(=O)O)C(=O)N1CCOCC1. The smallest absolute Gasteiger partial charge is 0.305 e. The minimum Gasteiger partial charge on any atom is -0.481 e. The van der Waals surface area contributed by atoms with E-state index in [0.29, 0.717) is 26.3 Å². The van der Waals surface area contributed by atoms with Crippen LogP contribution in [-0.4, -0.2) is 80.0 Å². The molecule has 7 heteroatoms. The van der Waals surface area contributed by atoms with Gasteiger partial charge in [-0.1, -0.05) is 0 Å². The minimum atomic E-state index is -0.996. The van der Waals surface area contributed by atoms with Crippen molar-refractivity contribution in [2.24, 2.45) is 0 Å². The molecule has 1 amide bonds. The lowest BCUT2D eigenvalue weighted by Crippen LogP contribution is -2.51. The lowest BCUT2D eigenvalue weighted by atomic mass is 10.1. The zero-order chi connectivity index (χ0) is 13.5. The number of rotatable bonds is 6. The molecule has 0 aromatic rings. The highest BCUT2D eigenvalue weighted by atomic mass is 16.5. The number of carbonyl (C=O) groups is 2. The number of likely N-dealkylation sites (N-methyl/N-ethyl adjacent to an activating group) is 1. The van der Waals surface area contributed by atoms with E-state index in [1.807, 2.05) is 0 Å². The Bertz CT molecular complexity index is 291. The molecule has 1 rings (SSSR count). The lowest BCUT2D eigenvalue weighted by Gasteiger charge is -2.33. The van der Waals surface area contributed by atoms with Crippen molar-refractivity contribution in [1.29, 1.82) is 0 Å². The van der Waals surface area contributed by atoms with E-state index in [1.165, 1.54) is 7.11 Å². The van der Waals surface area contributed by atoms with Crippen molar-refractivity contribution < 1.29 is 24.2 Å². The van der Waals surface area contributed by atoms with Crippen molar-refractivity contribution in [2.75, 3.05) is 47.2 Å². The van der Waals surface area contributed by atoms with Crippen LogP contribution in [0.25, 0.3) is 0 Å². The van der Waals surface area contributed by atoms with Gasteiger partial charge in [-0.3, -0.25) is 14.5 Å². The molecule has 1 heterocycles. The second kappa shape index (κ2) is 7.30. The second-order valence-electron chi connectivity index (χ2n) is 4.23. The first kappa shape index (κ1) is 14.9. The summed E-state index contributed by atoms with van der Waals surface area (Å²) in [6, 6.07) is -0.694. The van der Waals surface area contributed by atoms with Crippen molar-refractivity contribution in [3.8, 4) is 0 Å². The van der Waals surface area contributed by atoms with Gasteiger partial charge in [0, 0.05) is 20.2 Å². The van der Waals surface area contributed by atoms with E-state index in [0.717, 1.165) is 0 Å². The fourth-order valence-corrected chi connectivity index (χ4v) is 1.89. The van der Waals surface area contributed by atoms with E-state index in [1.54, 1.807) is 16.8 Å². The normalized spacial score (nSPS) is 17.8. The summed E-state index contributed by atoms with van der Waals surface area (Å²) in [6.07, 6.45) is -0.226. The molecule has 0 aromatic heterocycles. The monoisotopic (exact) mass is 260 g/mol. The van der Waals surface area contributed by atoms with E-state index in [2.05, 4.69) is 0 Å². The van der Waals surface area contributed by atoms with Gasteiger partial charge >= 0.3 is 5.97 Å². The molecular weight excluding hydrogens is 240 g/mol. The third kappa shape index (κ3) is 4.25. The van der Waals surface area contributed by atoms with Gasteiger partial charge < -0.3 is 19.5 Å². The number of morpholine rings is 1. The zero-order valence-electron chi connectivity index (χ0n) is 10.8. The number of amides is 1. The molecule has 104 valence electrons. The fourth-order valence-electron chi connectivity index (χ4n) is 1.89. The summed E-state index contributed by atoms with van der Waals surface area (Å²) < 4.78 is 10.1. The number of aliphatic carboxylic acids is 1. The maximum Gasteiger partial charge on any atom is 0.305 e. The van der Waals surface area contributed by atoms with Gasteiger partial charge in [0.05, 0.1) is 26.4 Å². The third-order valence-corrected chi connectivity index (χ3v) is 2.84. The lowest BCUT2D eigenvalue weighted by molar-refractivity contribution is -0.149. The largest absolute Gasteiger partial charge is 0.481 e. The van der Waals surface area contributed by atoms with Crippen molar-refractivity contribution in [3.05, 3.63) is 0 Å². The number of hydrogen-bond acceptors (Lipinski definition) is 5. The first-order chi connectivity index (χ1) is 8.56. The Kier molecular flexibility index (Phi) is 6.03. The molecule has 0 bridgehead atoms. The molecule has 1 aliphatic rings. The van der Waals surface area contributed by atoms with Crippen LogP contribution in [0.4, 0.5) is 0 Å². The Morgan fingerprint density at radius 1 is 1.44 bits per heavy atom. The van der Waals surface area contributed by atoms with Crippen LogP contribution in [0.2, 0.25) is 0 Å². The van der Waals surface area contributed by atoms with Gasteiger partial charge in [0.15, 0.2) is 0 Å². The van der Waals surface area contributed by atoms with Crippen LogP contribution in [0.15, 0.2) is 0 Å². The average Bonchev–Trinajstić information content (AvgIpc) is 2.36. The first-order valence-corrected chi connectivity index (χ1v) is 5.83. The Labute approximate surface area is 106 Å². The van der Waals surface area contributed by atoms with E-state index in [-0.39, 0.29) is 19.1 Å². The van der Waals surface area contributed by atoms with Crippen LogP contribution in [0.1, 0.15) is 6.42 Å². The zero-order valence-corrected chi connectivity index (χ0v) is 10.8. The van der Waals surface area contributed by atoms with Crippen molar-refractivity contribution in [1.82, 2.24) is 9.80 Å². The quantitative estimate of drug-likeness (QED) is 0.631. The number of carboxylic acids is 1. The van der Waals surface area contributed by atoms with Crippen LogP contribution in [0.3, 0.4) is 0 Å². The number of carboxylic acid groups (broad SMARTS) is 1. The highest BCUT2D eigenvalue weighted by Gasteiger charge is 2.30. The van der Waals surface area contributed by atoms with Crippen molar-refractivity contribution in [3.63, 3.8) is 0 Å². The Balaban J connectivity index is 2.67. The van der Waals surface area contributed by atoms with E-state index in [4.69, 9.17) is 14.6 Å². The van der Waals surface area contributed by atoms with Crippen LogP contribution in [0.5, 0.6) is 0 Å². The summed E-state index contributed by atoms with van der Waals surface area (Å²) in [5, 5.41) is 8.89. The molecule has 0 saturated carbocycles. The molecule has 18 heavy (non-hydrogen) atoms. The van der Waals surface area contributed by atoms with Gasteiger partial charge in [-0.2, -0.15) is 0 Å². The van der Waals surface area contributed by atoms with E-state index < -0.39 is 12.0 Å². The fraction of sp³-hybridized carbons (Fsp3) is 0.818. The molecule has 7 nitrogen and oxygen atoms in total. The summed E-state index contributed by atoms with van der Waals surface area (Å²) in [5.41, 5.74) is 0. The van der Waals surface area contributed by atoms with E-state index >= 15 is 0 Å². The number of ether oxygens (including phenoxy) is 2.